The van der Waals surface area contributed by atoms with Gasteiger partial charge in [-0.1, -0.05) is 42.0 Å². The average Bonchev–Trinajstić information content (AvgIpc) is 2.45. The third kappa shape index (κ3) is 3.84. The molecule has 0 saturated heterocycles. The predicted octanol–water partition coefficient (Wildman–Crippen LogP) is 3.64. The lowest BCUT2D eigenvalue weighted by atomic mass is 10.1. The van der Waals surface area contributed by atoms with Crippen molar-refractivity contribution < 1.29 is 4.74 Å². The van der Waals surface area contributed by atoms with E-state index >= 15 is 0 Å². The van der Waals surface area contributed by atoms with Crippen LogP contribution in [0, 0.1) is 13.8 Å². The van der Waals surface area contributed by atoms with E-state index in [1.54, 1.807) is 7.11 Å². The topological polar surface area (TPSA) is 21.3 Å². The molecular weight excluding hydrogens is 246 g/mol. The molecule has 0 aromatic heterocycles. The minimum Gasteiger partial charge on any atom is -0.496 e. The first-order chi connectivity index (χ1) is 9.70. The van der Waals surface area contributed by atoms with Gasteiger partial charge in [0.1, 0.15) is 5.75 Å². The van der Waals surface area contributed by atoms with E-state index in [2.05, 4.69) is 55.6 Å². The van der Waals surface area contributed by atoms with Crippen molar-refractivity contribution in [1.82, 2.24) is 5.32 Å². The van der Waals surface area contributed by atoms with Crippen LogP contribution in [0.4, 0.5) is 0 Å². The van der Waals surface area contributed by atoms with Crippen LogP contribution in [-0.4, -0.2) is 13.7 Å². The van der Waals surface area contributed by atoms with Crippen molar-refractivity contribution in [3.63, 3.8) is 0 Å². The summed E-state index contributed by atoms with van der Waals surface area (Å²) in [6.07, 6.45) is 1.06. The summed E-state index contributed by atoms with van der Waals surface area (Å²) in [4.78, 5) is 0. The Hall–Kier alpha value is -1.80. The van der Waals surface area contributed by atoms with E-state index in [-0.39, 0.29) is 0 Å². The summed E-state index contributed by atoms with van der Waals surface area (Å²) in [5, 5.41) is 3.50. The minimum atomic E-state index is 0.844. The van der Waals surface area contributed by atoms with E-state index in [0.29, 0.717) is 0 Å². The Kier molecular flexibility index (Phi) is 5.19. The molecule has 2 aromatic carbocycles. The van der Waals surface area contributed by atoms with Crippen molar-refractivity contribution in [3.05, 3.63) is 64.7 Å². The van der Waals surface area contributed by atoms with E-state index in [0.717, 1.165) is 25.3 Å². The van der Waals surface area contributed by atoms with Crippen LogP contribution in [0.1, 0.15) is 22.3 Å². The number of hydrogen-bond acceptors (Lipinski definition) is 2. The molecule has 0 bridgehead atoms. The molecule has 0 heterocycles. The molecule has 0 unspecified atom stereocenters. The van der Waals surface area contributed by atoms with E-state index in [1.807, 2.05) is 6.07 Å². The van der Waals surface area contributed by atoms with Gasteiger partial charge in [-0.3, -0.25) is 0 Å². The monoisotopic (exact) mass is 269 g/mol. The molecule has 2 rings (SSSR count). The molecule has 2 nitrogen and oxygen atoms in total. The standard InChI is InChI=1S/C18H23NO/c1-14-8-9-18(20-3)17(12-14)13-19-11-10-16-7-5-4-6-15(16)2/h4-9,12,19H,10-11,13H2,1-3H3. The molecule has 0 atom stereocenters. The summed E-state index contributed by atoms with van der Waals surface area (Å²) in [5.74, 6) is 0.957. The summed E-state index contributed by atoms with van der Waals surface area (Å²) >= 11 is 0. The molecule has 20 heavy (non-hydrogen) atoms. The van der Waals surface area contributed by atoms with Crippen molar-refractivity contribution in [2.24, 2.45) is 0 Å². The number of methoxy groups -OCH3 is 1. The van der Waals surface area contributed by atoms with Crippen LogP contribution in [0.2, 0.25) is 0 Å². The largest absolute Gasteiger partial charge is 0.496 e. The van der Waals surface area contributed by atoms with Crippen LogP contribution in [0.5, 0.6) is 5.75 Å². The first-order valence-corrected chi connectivity index (χ1v) is 7.09. The maximum Gasteiger partial charge on any atom is 0.123 e. The third-order valence-electron chi connectivity index (χ3n) is 3.58. The molecule has 2 aromatic rings. The fourth-order valence-corrected chi connectivity index (χ4v) is 2.38. The molecule has 0 radical (unpaired) electrons. The van der Waals surface area contributed by atoms with E-state index in [1.165, 1.54) is 22.3 Å². The normalized spacial score (nSPS) is 10.6. The van der Waals surface area contributed by atoms with Gasteiger partial charge in [-0.2, -0.15) is 0 Å². The highest BCUT2D eigenvalue weighted by Crippen LogP contribution is 2.19. The van der Waals surface area contributed by atoms with Gasteiger partial charge in [0.2, 0.25) is 0 Å². The van der Waals surface area contributed by atoms with E-state index in [4.69, 9.17) is 4.74 Å². The second-order valence-electron chi connectivity index (χ2n) is 5.17. The molecule has 1 N–H and O–H groups in total. The number of aryl methyl sites for hydroxylation is 2. The second kappa shape index (κ2) is 7.11. The highest BCUT2D eigenvalue weighted by atomic mass is 16.5. The first-order valence-electron chi connectivity index (χ1n) is 7.09. The smallest absolute Gasteiger partial charge is 0.123 e. The van der Waals surface area contributed by atoms with Crippen LogP contribution in [-0.2, 0) is 13.0 Å². The number of hydrogen-bond donors (Lipinski definition) is 1. The van der Waals surface area contributed by atoms with Crippen LogP contribution < -0.4 is 10.1 Å². The Bertz CT molecular complexity index is 563. The molecule has 0 fully saturated rings. The van der Waals surface area contributed by atoms with Gasteiger partial charge in [-0.15, -0.1) is 0 Å². The Morgan fingerprint density at radius 3 is 2.55 bits per heavy atom. The molecule has 0 amide bonds. The van der Waals surface area contributed by atoms with Crippen LogP contribution >= 0.6 is 0 Å². The van der Waals surface area contributed by atoms with Crippen molar-refractivity contribution in [3.8, 4) is 5.75 Å². The van der Waals surface area contributed by atoms with Crippen LogP contribution in [0.25, 0.3) is 0 Å². The summed E-state index contributed by atoms with van der Waals surface area (Å²) < 4.78 is 5.39. The maximum atomic E-state index is 5.39. The third-order valence-corrected chi connectivity index (χ3v) is 3.58. The van der Waals surface area contributed by atoms with Crippen molar-refractivity contribution in [1.29, 1.82) is 0 Å². The van der Waals surface area contributed by atoms with Gasteiger partial charge in [0.25, 0.3) is 0 Å². The Morgan fingerprint density at radius 1 is 1.00 bits per heavy atom. The van der Waals surface area contributed by atoms with Crippen LogP contribution in [0.15, 0.2) is 42.5 Å². The Balaban J connectivity index is 1.87. The fourth-order valence-electron chi connectivity index (χ4n) is 2.38. The van der Waals surface area contributed by atoms with Crippen molar-refractivity contribution >= 4 is 0 Å². The zero-order valence-electron chi connectivity index (χ0n) is 12.6. The van der Waals surface area contributed by atoms with Crippen LogP contribution in [0.3, 0.4) is 0 Å². The van der Waals surface area contributed by atoms with Gasteiger partial charge < -0.3 is 10.1 Å². The van der Waals surface area contributed by atoms with E-state index < -0.39 is 0 Å². The van der Waals surface area contributed by atoms with Crippen molar-refractivity contribution in [2.75, 3.05) is 13.7 Å². The molecule has 0 aliphatic rings. The SMILES string of the molecule is COc1ccc(C)cc1CNCCc1ccccc1C. The highest BCUT2D eigenvalue weighted by molar-refractivity contribution is 5.36. The van der Waals surface area contributed by atoms with Crippen molar-refractivity contribution in [2.45, 2.75) is 26.8 Å². The summed E-state index contributed by atoms with van der Waals surface area (Å²) in [7, 11) is 1.72. The summed E-state index contributed by atoms with van der Waals surface area (Å²) in [6.45, 7) is 6.09. The summed E-state index contributed by atoms with van der Waals surface area (Å²) in [6, 6.07) is 14.8. The van der Waals surface area contributed by atoms with Gasteiger partial charge in [0.05, 0.1) is 7.11 Å². The predicted molar refractivity (Wildman–Crippen MR) is 84.3 cm³/mol. The first kappa shape index (κ1) is 14.6. The quantitative estimate of drug-likeness (QED) is 0.808. The highest BCUT2D eigenvalue weighted by Gasteiger charge is 2.03. The van der Waals surface area contributed by atoms with Gasteiger partial charge in [-0.25, -0.2) is 0 Å². The van der Waals surface area contributed by atoms with E-state index in [9.17, 15) is 0 Å². The minimum absolute atomic E-state index is 0.844. The molecule has 0 spiro atoms. The Labute approximate surface area is 121 Å². The molecule has 0 aliphatic carbocycles. The van der Waals surface area contributed by atoms with Gasteiger partial charge in [0.15, 0.2) is 0 Å². The lowest BCUT2D eigenvalue weighted by Gasteiger charge is -2.11. The number of nitrogens with one attached hydrogen (secondary N) is 1. The second-order valence-corrected chi connectivity index (χ2v) is 5.17. The average molecular weight is 269 g/mol. The molecule has 0 saturated carbocycles. The lowest BCUT2D eigenvalue weighted by molar-refractivity contribution is 0.407. The summed E-state index contributed by atoms with van der Waals surface area (Å²) in [5.41, 5.74) is 5.26. The molecular formula is C18H23NO. The van der Waals surface area contributed by atoms with Gasteiger partial charge in [-0.05, 0) is 44.0 Å². The molecule has 2 heteroatoms. The van der Waals surface area contributed by atoms with Gasteiger partial charge in [0, 0.05) is 12.1 Å². The maximum absolute atomic E-state index is 5.39. The number of rotatable bonds is 6. The zero-order chi connectivity index (χ0) is 14.4. The van der Waals surface area contributed by atoms with Gasteiger partial charge >= 0.3 is 0 Å². The fraction of sp³-hybridized carbons (Fsp3) is 0.333. The number of benzene rings is 2. The molecule has 106 valence electrons. The zero-order valence-corrected chi connectivity index (χ0v) is 12.6. The molecule has 0 aliphatic heterocycles. The lowest BCUT2D eigenvalue weighted by Crippen LogP contribution is -2.17. The Morgan fingerprint density at radius 2 is 1.80 bits per heavy atom. The number of ether oxygens (including phenoxy) is 1.